The second-order valence-electron chi connectivity index (χ2n) is 4.85. The van der Waals surface area contributed by atoms with Gasteiger partial charge in [0.15, 0.2) is 0 Å². The van der Waals surface area contributed by atoms with E-state index in [4.69, 9.17) is 0 Å². The molecule has 0 spiro atoms. The maximum atomic E-state index is 10.1. The van der Waals surface area contributed by atoms with Crippen LogP contribution in [0.2, 0.25) is 0 Å². The fourth-order valence-corrected chi connectivity index (χ4v) is 3.08. The minimum atomic E-state index is -0.230. The number of anilines is 1. The summed E-state index contributed by atoms with van der Waals surface area (Å²) in [7, 11) is 0. The molecule has 2 aliphatic rings. The van der Waals surface area contributed by atoms with Crippen LogP contribution in [-0.2, 0) is 0 Å². The van der Waals surface area contributed by atoms with Crippen LogP contribution in [0.4, 0.5) is 5.69 Å². The molecule has 0 aromatic heterocycles. The van der Waals surface area contributed by atoms with E-state index in [1.807, 2.05) is 12.1 Å². The lowest BCUT2D eigenvalue weighted by atomic mass is 9.73. The van der Waals surface area contributed by atoms with E-state index < -0.39 is 0 Å². The first-order valence-corrected chi connectivity index (χ1v) is 6.00. The molecule has 2 nitrogen and oxygen atoms in total. The summed E-state index contributed by atoms with van der Waals surface area (Å²) in [5.41, 5.74) is 3.44. The van der Waals surface area contributed by atoms with E-state index in [-0.39, 0.29) is 12.0 Å². The van der Waals surface area contributed by atoms with Crippen LogP contribution in [0.15, 0.2) is 30.8 Å². The van der Waals surface area contributed by atoms with Gasteiger partial charge in [-0.05, 0) is 30.9 Å². The predicted molar refractivity (Wildman–Crippen MR) is 66.2 cm³/mol. The predicted octanol–water partition coefficient (Wildman–Crippen LogP) is 2.65. The summed E-state index contributed by atoms with van der Waals surface area (Å²) >= 11 is 0. The third kappa shape index (κ3) is 1.37. The molecule has 1 aliphatic heterocycles. The van der Waals surface area contributed by atoms with E-state index in [1.165, 1.54) is 11.3 Å². The summed E-state index contributed by atoms with van der Waals surface area (Å²) in [4.78, 5) is 0. The highest BCUT2D eigenvalue weighted by Crippen LogP contribution is 2.42. The lowest BCUT2D eigenvalue weighted by Crippen LogP contribution is -2.43. The highest BCUT2D eigenvalue weighted by atomic mass is 16.3. The monoisotopic (exact) mass is 215 g/mol. The summed E-state index contributed by atoms with van der Waals surface area (Å²) < 4.78 is 0. The second kappa shape index (κ2) is 3.63. The van der Waals surface area contributed by atoms with Crippen molar-refractivity contribution in [1.82, 2.24) is 0 Å². The summed E-state index contributed by atoms with van der Waals surface area (Å²) in [6, 6.07) is 8.62. The van der Waals surface area contributed by atoms with Gasteiger partial charge in [0.25, 0.3) is 0 Å². The van der Waals surface area contributed by atoms with E-state index in [1.54, 1.807) is 0 Å². The lowest BCUT2D eigenvalue weighted by Gasteiger charge is -2.42. The lowest BCUT2D eigenvalue weighted by molar-refractivity contribution is 0.0890. The van der Waals surface area contributed by atoms with Gasteiger partial charge in [0, 0.05) is 23.2 Å². The molecule has 84 valence electrons. The summed E-state index contributed by atoms with van der Waals surface area (Å²) in [5.74, 6) is 0.198. The standard InChI is InChI=1S/C14H17NO/c1-9-10-5-2-3-6-11(10)15-12-7-4-8-13(16)14(9)12/h2-3,5-6,12-16H,1,4,7-8H2. The van der Waals surface area contributed by atoms with Crippen LogP contribution in [0.5, 0.6) is 0 Å². The normalized spacial score (nSPS) is 32.6. The van der Waals surface area contributed by atoms with Crippen molar-refractivity contribution in [3.63, 3.8) is 0 Å². The fourth-order valence-electron chi connectivity index (χ4n) is 3.08. The van der Waals surface area contributed by atoms with Crippen LogP contribution >= 0.6 is 0 Å². The van der Waals surface area contributed by atoms with E-state index in [0.717, 1.165) is 24.8 Å². The van der Waals surface area contributed by atoms with Crippen LogP contribution < -0.4 is 5.32 Å². The molecular formula is C14H17NO. The zero-order valence-electron chi connectivity index (χ0n) is 9.32. The Bertz CT molecular complexity index is 426. The van der Waals surface area contributed by atoms with Gasteiger partial charge in [-0.15, -0.1) is 0 Å². The molecule has 2 heteroatoms. The molecule has 0 amide bonds. The van der Waals surface area contributed by atoms with Crippen molar-refractivity contribution in [3.8, 4) is 0 Å². The molecule has 3 atom stereocenters. The van der Waals surface area contributed by atoms with Crippen LogP contribution in [0, 0.1) is 5.92 Å². The van der Waals surface area contributed by atoms with Crippen molar-refractivity contribution in [2.24, 2.45) is 5.92 Å². The van der Waals surface area contributed by atoms with Crippen LogP contribution in [0.1, 0.15) is 24.8 Å². The van der Waals surface area contributed by atoms with E-state index in [0.29, 0.717) is 6.04 Å². The molecule has 1 saturated carbocycles. The smallest absolute Gasteiger partial charge is 0.0628 e. The molecule has 1 aromatic carbocycles. The number of para-hydroxylation sites is 1. The molecule has 3 unspecified atom stereocenters. The Balaban J connectivity index is 2.03. The molecule has 1 fully saturated rings. The molecule has 0 bridgehead atoms. The maximum Gasteiger partial charge on any atom is 0.0628 e. The van der Waals surface area contributed by atoms with Gasteiger partial charge in [0.1, 0.15) is 0 Å². The number of aliphatic hydroxyl groups excluding tert-OH is 1. The summed E-state index contributed by atoms with van der Waals surface area (Å²) in [6.45, 7) is 4.19. The average Bonchev–Trinajstić information content (AvgIpc) is 2.29. The summed E-state index contributed by atoms with van der Waals surface area (Å²) in [6.07, 6.45) is 2.91. The molecule has 2 N–H and O–H groups in total. The Kier molecular flexibility index (Phi) is 2.25. The molecule has 16 heavy (non-hydrogen) atoms. The van der Waals surface area contributed by atoms with Gasteiger partial charge in [-0.3, -0.25) is 0 Å². The Morgan fingerprint density at radius 2 is 2.06 bits per heavy atom. The Hall–Kier alpha value is -1.28. The molecule has 1 aromatic rings. The van der Waals surface area contributed by atoms with Gasteiger partial charge < -0.3 is 10.4 Å². The highest BCUT2D eigenvalue weighted by molar-refractivity contribution is 5.80. The van der Waals surface area contributed by atoms with E-state index in [9.17, 15) is 5.11 Å². The van der Waals surface area contributed by atoms with E-state index >= 15 is 0 Å². The Morgan fingerprint density at radius 3 is 2.94 bits per heavy atom. The maximum absolute atomic E-state index is 10.1. The molecule has 3 rings (SSSR count). The van der Waals surface area contributed by atoms with Gasteiger partial charge >= 0.3 is 0 Å². The highest BCUT2D eigenvalue weighted by Gasteiger charge is 2.38. The molecule has 1 aliphatic carbocycles. The molecule has 0 radical (unpaired) electrons. The van der Waals surface area contributed by atoms with Gasteiger partial charge in [-0.25, -0.2) is 0 Å². The van der Waals surface area contributed by atoms with Gasteiger partial charge in [0.2, 0.25) is 0 Å². The minimum absolute atomic E-state index is 0.198. The SMILES string of the molecule is C=C1c2ccccc2NC2CCCC(O)C12. The number of fused-ring (bicyclic) bond motifs is 2. The van der Waals surface area contributed by atoms with Crippen molar-refractivity contribution in [2.45, 2.75) is 31.4 Å². The average molecular weight is 215 g/mol. The number of benzene rings is 1. The van der Waals surface area contributed by atoms with E-state index in [2.05, 4.69) is 24.0 Å². The first kappa shape index (κ1) is 9.91. The van der Waals surface area contributed by atoms with Crippen LogP contribution in [-0.4, -0.2) is 17.3 Å². The quantitative estimate of drug-likeness (QED) is 0.697. The van der Waals surface area contributed by atoms with Crippen molar-refractivity contribution in [2.75, 3.05) is 5.32 Å². The van der Waals surface area contributed by atoms with Gasteiger partial charge in [-0.2, -0.15) is 0 Å². The van der Waals surface area contributed by atoms with Gasteiger partial charge in [0.05, 0.1) is 6.10 Å². The third-order valence-electron chi connectivity index (χ3n) is 3.88. The first-order chi connectivity index (χ1) is 7.77. The molecule has 0 saturated heterocycles. The van der Waals surface area contributed by atoms with Crippen molar-refractivity contribution < 1.29 is 5.11 Å². The number of aliphatic hydroxyl groups is 1. The topological polar surface area (TPSA) is 32.3 Å². The largest absolute Gasteiger partial charge is 0.392 e. The molecular weight excluding hydrogens is 198 g/mol. The van der Waals surface area contributed by atoms with Crippen molar-refractivity contribution in [3.05, 3.63) is 36.4 Å². The van der Waals surface area contributed by atoms with Gasteiger partial charge in [-0.1, -0.05) is 24.8 Å². The van der Waals surface area contributed by atoms with Crippen molar-refractivity contribution in [1.29, 1.82) is 0 Å². The minimum Gasteiger partial charge on any atom is -0.392 e. The number of hydrogen-bond acceptors (Lipinski definition) is 2. The second-order valence-corrected chi connectivity index (χ2v) is 4.85. The fraction of sp³-hybridized carbons (Fsp3) is 0.429. The summed E-state index contributed by atoms with van der Waals surface area (Å²) in [5, 5.41) is 13.6. The number of nitrogens with one attached hydrogen (secondary N) is 1. The van der Waals surface area contributed by atoms with Crippen LogP contribution in [0.3, 0.4) is 0 Å². The third-order valence-corrected chi connectivity index (χ3v) is 3.88. The van der Waals surface area contributed by atoms with Crippen LogP contribution in [0.25, 0.3) is 5.57 Å². The number of hydrogen-bond donors (Lipinski definition) is 2. The van der Waals surface area contributed by atoms with Crippen molar-refractivity contribution >= 4 is 11.3 Å². The Morgan fingerprint density at radius 1 is 1.25 bits per heavy atom. The first-order valence-electron chi connectivity index (χ1n) is 6.00. The number of rotatable bonds is 0. The Labute approximate surface area is 96.0 Å². The zero-order chi connectivity index (χ0) is 11.1. The zero-order valence-corrected chi connectivity index (χ0v) is 9.32. The molecule has 1 heterocycles.